The molecule has 0 saturated heterocycles. The number of aryl methyl sites for hydroxylation is 4. The van der Waals surface area contributed by atoms with Gasteiger partial charge in [-0.1, -0.05) is 29.8 Å². The third kappa shape index (κ3) is 2.82. The van der Waals surface area contributed by atoms with Crippen molar-refractivity contribution in [3.63, 3.8) is 0 Å². The Morgan fingerprint density at radius 1 is 0.895 bits per heavy atom. The Bertz CT molecular complexity index is 594. The quantitative estimate of drug-likeness (QED) is 0.645. The summed E-state index contributed by atoms with van der Waals surface area (Å²) >= 11 is 6.60. The lowest BCUT2D eigenvalue weighted by molar-refractivity contribution is 0.617. The monoisotopic (exact) mass is 276 g/mol. The van der Waals surface area contributed by atoms with Gasteiger partial charge in [0.1, 0.15) is 5.82 Å². The van der Waals surface area contributed by atoms with E-state index in [2.05, 4.69) is 32.9 Å². The van der Waals surface area contributed by atoms with Crippen LogP contribution in [0.4, 0.5) is 4.39 Å². The summed E-state index contributed by atoms with van der Waals surface area (Å²) in [6, 6.07) is 9.34. The Kier molecular flexibility index (Phi) is 3.96. The van der Waals surface area contributed by atoms with Crippen molar-refractivity contribution in [3.8, 4) is 0 Å². The Morgan fingerprint density at radius 2 is 1.47 bits per heavy atom. The van der Waals surface area contributed by atoms with Crippen molar-refractivity contribution in [2.75, 3.05) is 0 Å². The van der Waals surface area contributed by atoms with Crippen LogP contribution >= 0.6 is 11.6 Å². The molecule has 0 N–H and O–H groups in total. The van der Waals surface area contributed by atoms with Crippen molar-refractivity contribution in [3.05, 3.63) is 69.5 Å². The van der Waals surface area contributed by atoms with Gasteiger partial charge in [0.05, 0.1) is 5.38 Å². The summed E-state index contributed by atoms with van der Waals surface area (Å²) in [7, 11) is 0. The maximum atomic E-state index is 13.3. The zero-order chi connectivity index (χ0) is 14.2. The topological polar surface area (TPSA) is 0 Å². The van der Waals surface area contributed by atoms with Crippen LogP contribution < -0.4 is 0 Å². The number of hydrogen-bond acceptors (Lipinski definition) is 0. The van der Waals surface area contributed by atoms with E-state index in [1.807, 2.05) is 6.07 Å². The predicted octanol–water partition coefficient (Wildman–Crippen LogP) is 5.39. The summed E-state index contributed by atoms with van der Waals surface area (Å²) < 4.78 is 13.3. The predicted molar refractivity (Wildman–Crippen MR) is 79.5 cm³/mol. The number of alkyl halides is 1. The molecule has 0 heterocycles. The van der Waals surface area contributed by atoms with Gasteiger partial charge in [0.15, 0.2) is 0 Å². The van der Waals surface area contributed by atoms with Gasteiger partial charge in [0.25, 0.3) is 0 Å². The maximum absolute atomic E-state index is 13.3. The van der Waals surface area contributed by atoms with Crippen LogP contribution in [0.1, 0.15) is 38.8 Å². The second-order valence-corrected chi connectivity index (χ2v) is 5.62. The molecule has 2 rings (SSSR count). The van der Waals surface area contributed by atoms with E-state index in [1.54, 1.807) is 13.0 Å². The largest absolute Gasteiger partial charge is 0.207 e. The molecular formula is C17H18ClF. The summed E-state index contributed by atoms with van der Waals surface area (Å²) in [6.07, 6.45) is 0. The molecule has 0 radical (unpaired) electrons. The molecule has 2 aromatic rings. The van der Waals surface area contributed by atoms with Crippen molar-refractivity contribution in [2.24, 2.45) is 0 Å². The fourth-order valence-electron chi connectivity index (χ4n) is 2.58. The van der Waals surface area contributed by atoms with Crippen LogP contribution in [0, 0.1) is 33.5 Å². The van der Waals surface area contributed by atoms with E-state index < -0.39 is 0 Å². The van der Waals surface area contributed by atoms with Gasteiger partial charge in [0, 0.05) is 0 Å². The molecule has 0 aliphatic carbocycles. The zero-order valence-electron chi connectivity index (χ0n) is 11.7. The Balaban J connectivity index is 2.49. The van der Waals surface area contributed by atoms with Gasteiger partial charge in [-0.05, 0) is 61.6 Å². The van der Waals surface area contributed by atoms with Crippen molar-refractivity contribution < 1.29 is 4.39 Å². The minimum absolute atomic E-state index is 0.190. The highest BCUT2D eigenvalue weighted by molar-refractivity contribution is 6.22. The van der Waals surface area contributed by atoms with Gasteiger partial charge < -0.3 is 0 Å². The van der Waals surface area contributed by atoms with Crippen LogP contribution in [0.15, 0.2) is 30.3 Å². The fraction of sp³-hybridized carbons (Fsp3) is 0.294. The van der Waals surface area contributed by atoms with Crippen molar-refractivity contribution >= 4 is 11.6 Å². The van der Waals surface area contributed by atoms with Crippen LogP contribution in [-0.2, 0) is 0 Å². The molecule has 1 unspecified atom stereocenters. The lowest BCUT2D eigenvalue weighted by Crippen LogP contribution is -2.01. The number of hydrogen-bond donors (Lipinski definition) is 0. The first kappa shape index (κ1) is 14.1. The number of rotatable bonds is 2. The Labute approximate surface area is 119 Å². The highest BCUT2D eigenvalue weighted by Crippen LogP contribution is 2.34. The SMILES string of the molecule is Cc1cc(C)c(C(Cl)c2ccc(F)c(C)c2)c(C)c1. The van der Waals surface area contributed by atoms with Crippen LogP contribution in [0.25, 0.3) is 0 Å². The van der Waals surface area contributed by atoms with Crippen LogP contribution in [-0.4, -0.2) is 0 Å². The second kappa shape index (κ2) is 5.34. The van der Waals surface area contributed by atoms with Gasteiger partial charge in [-0.2, -0.15) is 0 Å². The molecule has 0 amide bonds. The Hall–Kier alpha value is -1.34. The standard InChI is InChI=1S/C17H18ClF/c1-10-7-12(3)16(13(4)8-10)17(18)14-5-6-15(19)11(2)9-14/h5-9,17H,1-4H3. The summed E-state index contributed by atoms with van der Waals surface area (Å²) in [5.41, 5.74) is 6.29. The number of benzene rings is 2. The summed E-state index contributed by atoms with van der Waals surface area (Å²) in [5, 5.41) is -0.236. The van der Waals surface area contributed by atoms with Crippen LogP contribution in [0.3, 0.4) is 0 Å². The molecule has 2 aromatic carbocycles. The van der Waals surface area contributed by atoms with Gasteiger partial charge in [0.2, 0.25) is 0 Å². The molecule has 19 heavy (non-hydrogen) atoms. The molecule has 0 spiro atoms. The highest BCUT2D eigenvalue weighted by atomic mass is 35.5. The van der Waals surface area contributed by atoms with Gasteiger partial charge in [-0.3, -0.25) is 0 Å². The molecule has 1 atom stereocenters. The average Bonchev–Trinajstić information content (AvgIpc) is 2.31. The van der Waals surface area contributed by atoms with Gasteiger partial charge >= 0.3 is 0 Å². The fourth-order valence-corrected chi connectivity index (χ4v) is 3.06. The first-order valence-electron chi connectivity index (χ1n) is 6.38. The number of halogens is 2. The summed E-state index contributed by atoms with van der Waals surface area (Å²) in [6.45, 7) is 7.98. The molecule has 0 saturated carbocycles. The third-order valence-electron chi connectivity index (χ3n) is 3.47. The Morgan fingerprint density at radius 3 is 2.00 bits per heavy atom. The first-order valence-corrected chi connectivity index (χ1v) is 6.81. The average molecular weight is 277 g/mol. The van der Waals surface area contributed by atoms with E-state index in [9.17, 15) is 4.39 Å². The highest BCUT2D eigenvalue weighted by Gasteiger charge is 2.16. The van der Waals surface area contributed by atoms with E-state index in [1.165, 1.54) is 22.8 Å². The molecule has 0 nitrogen and oxygen atoms in total. The lowest BCUT2D eigenvalue weighted by Gasteiger charge is -2.17. The summed E-state index contributed by atoms with van der Waals surface area (Å²) in [5.74, 6) is -0.190. The molecule has 0 fully saturated rings. The molecule has 0 aliphatic rings. The summed E-state index contributed by atoms with van der Waals surface area (Å²) in [4.78, 5) is 0. The third-order valence-corrected chi connectivity index (χ3v) is 3.94. The van der Waals surface area contributed by atoms with Crippen molar-refractivity contribution in [1.29, 1.82) is 0 Å². The smallest absolute Gasteiger partial charge is 0.126 e. The van der Waals surface area contributed by atoms with E-state index in [-0.39, 0.29) is 11.2 Å². The van der Waals surface area contributed by atoms with E-state index in [0.717, 1.165) is 11.1 Å². The van der Waals surface area contributed by atoms with Crippen LogP contribution in [0.5, 0.6) is 0 Å². The van der Waals surface area contributed by atoms with Gasteiger partial charge in [-0.25, -0.2) is 4.39 Å². The van der Waals surface area contributed by atoms with Crippen molar-refractivity contribution in [2.45, 2.75) is 33.1 Å². The normalized spacial score (nSPS) is 12.5. The molecule has 2 heteroatoms. The molecule has 100 valence electrons. The zero-order valence-corrected chi connectivity index (χ0v) is 12.5. The lowest BCUT2D eigenvalue weighted by atomic mass is 9.93. The van der Waals surface area contributed by atoms with Crippen LogP contribution in [0.2, 0.25) is 0 Å². The molecule has 0 aliphatic heterocycles. The minimum Gasteiger partial charge on any atom is -0.207 e. The minimum atomic E-state index is -0.236. The first-order chi connectivity index (χ1) is 8.90. The maximum Gasteiger partial charge on any atom is 0.126 e. The molecule has 0 aromatic heterocycles. The molecule has 0 bridgehead atoms. The van der Waals surface area contributed by atoms with E-state index in [4.69, 9.17) is 11.6 Å². The van der Waals surface area contributed by atoms with Crippen molar-refractivity contribution in [1.82, 2.24) is 0 Å². The van der Waals surface area contributed by atoms with E-state index in [0.29, 0.717) is 5.56 Å². The van der Waals surface area contributed by atoms with E-state index >= 15 is 0 Å². The van der Waals surface area contributed by atoms with Gasteiger partial charge in [-0.15, -0.1) is 11.6 Å². The molecular weight excluding hydrogens is 259 g/mol. The second-order valence-electron chi connectivity index (χ2n) is 5.18.